The van der Waals surface area contributed by atoms with Gasteiger partial charge in [0.1, 0.15) is 4.32 Å². The molecule has 1 saturated heterocycles. The van der Waals surface area contributed by atoms with Crippen molar-refractivity contribution in [3.8, 4) is 0 Å². The topological polar surface area (TPSA) is 75.5 Å². The first kappa shape index (κ1) is 20.0. The number of benzene rings is 2. The van der Waals surface area contributed by atoms with Crippen LogP contribution < -0.4 is 5.32 Å². The molecule has 2 aromatic carbocycles. The number of carbonyl (C=O) groups excluding carboxylic acids is 1. The molecule has 1 heterocycles. The molecule has 1 aliphatic rings. The van der Waals surface area contributed by atoms with Gasteiger partial charge in [-0.25, -0.2) is 0 Å². The predicted octanol–water partition coefficient (Wildman–Crippen LogP) is 4.99. The highest BCUT2D eigenvalue weighted by Crippen LogP contribution is 2.32. The van der Waals surface area contributed by atoms with E-state index in [1.165, 1.54) is 34.4 Å². The normalized spacial score (nSPS) is 15.5. The van der Waals surface area contributed by atoms with Gasteiger partial charge < -0.3 is 5.32 Å². The zero-order valence-corrected chi connectivity index (χ0v) is 17.0. The molecule has 0 spiro atoms. The van der Waals surface area contributed by atoms with Gasteiger partial charge in [0.2, 0.25) is 0 Å². The third-order valence-corrected chi connectivity index (χ3v) is 5.65. The Morgan fingerprint density at radius 3 is 2.61 bits per heavy atom. The first-order valence-corrected chi connectivity index (χ1v) is 9.91. The van der Waals surface area contributed by atoms with Crippen LogP contribution in [0.3, 0.4) is 0 Å². The Morgan fingerprint density at radius 1 is 1.25 bits per heavy atom. The minimum Gasteiger partial charge on any atom is -0.367 e. The number of hydrogen-bond donors (Lipinski definition) is 1. The van der Waals surface area contributed by atoms with Crippen LogP contribution in [0, 0.1) is 10.1 Å². The standard InChI is InChI=1S/C20H19N3O3S2/c1-13(2)15-8-6-14(7-9-15)10-18-19(24)22(20(27)28-18)12-21-16-4-3-5-17(11-16)23(25)26/h3-11,13,21H,12H2,1-2H3/b18-10+. The quantitative estimate of drug-likeness (QED) is 0.311. The summed E-state index contributed by atoms with van der Waals surface area (Å²) < 4.78 is 0.452. The van der Waals surface area contributed by atoms with E-state index < -0.39 is 4.92 Å². The maximum atomic E-state index is 12.7. The summed E-state index contributed by atoms with van der Waals surface area (Å²) in [7, 11) is 0. The molecule has 0 radical (unpaired) electrons. The van der Waals surface area contributed by atoms with E-state index in [0.717, 1.165) is 5.56 Å². The number of thioether (sulfide) groups is 1. The molecule has 0 bridgehead atoms. The number of carbonyl (C=O) groups is 1. The molecule has 0 aromatic heterocycles. The summed E-state index contributed by atoms with van der Waals surface area (Å²) >= 11 is 6.58. The SMILES string of the molecule is CC(C)c1ccc(/C=C2/SC(=S)N(CNc3cccc([N+](=O)[O-])c3)C2=O)cc1. The molecule has 3 rings (SSSR count). The van der Waals surface area contributed by atoms with E-state index in [4.69, 9.17) is 12.2 Å². The van der Waals surface area contributed by atoms with Gasteiger partial charge in [-0.15, -0.1) is 0 Å². The molecule has 1 fully saturated rings. The summed E-state index contributed by atoms with van der Waals surface area (Å²) in [5, 5.41) is 13.9. The lowest BCUT2D eigenvalue weighted by Gasteiger charge is -2.16. The van der Waals surface area contributed by atoms with Crippen LogP contribution >= 0.6 is 24.0 Å². The molecule has 0 unspecified atom stereocenters. The number of thiocarbonyl (C=S) groups is 1. The molecule has 1 N–H and O–H groups in total. The Hall–Kier alpha value is -2.71. The van der Waals surface area contributed by atoms with Crippen LogP contribution in [-0.2, 0) is 4.79 Å². The van der Waals surface area contributed by atoms with E-state index in [-0.39, 0.29) is 18.3 Å². The Labute approximate surface area is 172 Å². The summed E-state index contributed by atoms with van der Waals surface area (Å²) in [4.78, 5) is 25.1. The Bertz CT molecular complexity index is 955. The van der Waals surface area contributed by atoms with Crippen LogP contribution in [0.5, 0.6) is 0 Å². The molecule has 144 valence electrons. The zero-order chi connectivity index (χ0) is 20.3. The predicted molar refractivity (Wildman–Crippen MR) is 117 cm³/mol. The second-order valence-electron chi connectivity index (χ2n) is 6.57. The number of anilines is 1. The average molecular weight is 414 g/mol. The van der Waals surface area contributed by atoms with Crippen LogP contribution in [0.25, 0.3) is 6.08 Å². The van der Waals surface area contributed by atoms with E-state index in [9.17, 15) is 14.9 Å². The second-order valence-corrected chi connectivity index (χ2v) is 8.25. The van der Waals surface area contributed by atoms with Crippen molar-refractivity contribution >= 4 is 51.7 Å². The minimum absolute atomic E-state index is 0.0138. The van der Waals surface area contributed by atoms with E-state index in [0.29, 0.717) is 20.8 Å². The van der Waals surface area contributed by atoms with Crippen LogP contribution in [0.15, 0.2) is 53.4 Å². The van der Waals surface area contributed by atoms with Gasteiger partial charge in [0.15, 0.2) is 0 Å². The second kappa shape index (κ2) is 8.53. The lowest BCUT2D eigenvalue weighted by Crippen LogP contribution is -2.33. The molecule has 1 amide bonds. The van der Waals surface area contributed by atoms with Gasteiger partial charge in [-0.05, 0) is 29.2 Å². The van der Waals surface area contributed by atoms with Gasteiger partial charge in [-0.1, -0.05) is 68.2 Å². The molecule has 6 nitrogen and oxygen atoms in total. The molecule has 1 aliphatic heterocycles. The number of nitrogens with zero attached hydrogens (tertiary/aromatic N) is 2. The largest absolute Gasteiger partial charge is 0.367 e. The van der Waals surface area contributed by atoms with Crippen molar-refractivity contribution in [3.05, 3.63) is 74.7 Å². The number of nitro groups is 1. The molecule has 0 aliphatic carbocycles. The molecule has 28 heavy (non-hydrogen) atoms. The maximum Gasteiger partial charge on any atom is 0.271 e. The summed E-state index contributed by atoms with van der Waals surface area (Å²) in [6.45, 7) is 4.42. The highest BCUT2D eigenvalue weighted by atomic mass is 32.2. The van der Waals surface area contributed by atoms with Crippen molar-refractivity contribution in [2.24, 2.45) is 0 Å². The van der Waals surface area contributed by atoms with Gasteiger partial charge in [-0.2, -0.15) is 0 Å². The van der Waals surface area contributed by atoms with Crippen molar-refractivity contribution in [2.75, 3.05) is 12.0 Å². The highest BCUT2D eigenvalue weighted by molar-refractivity contribution is 8.26. The number of amides is 1. The summed E-state index contributed by atoms with van der Waals surface area (Å²) in [6.07, 6.45) is 1.83. The fraction of sp³-hybridized carbons (Fsp3) is 0.200. The van der Waals surface area contributed by atoms with Gasteiger partial charge >= 0.3 is 0 Å². The lowest BCUT2D eigenvalue weighted by atomic mass is 10.0. The maximum absolute atomic E-state index is 12.7. The third-order valence-electron chi connectivity index (χ3n) is 4.27. The van der Waals surface area contributed by atoms with Crippen molar-refractivity contribution < 1.29 is 9.72 Å². The van der Waals surface area contributed by atoms with Crippen molar-refractivity contribution in [2.45, 2.75) is 19.8 Å². The first-order chi connectivity index (χ1) is 13.3. The van der Waals surface area contributed by atoms with Crippen LogP contribution in [0.4, 0.5) is 11.4 Å². The lowest BCUT2D eigenvalue weighted by molar-refractivity contribution is -0.384. The number of nitro benzene ring substituents is 1. The summed E-state index contributed by atoms with van der Waals surface area (Å²) in [6, 6.07) is 14.2. The Kier molecular flexibility index (Phi) is 6.11. The third kappa shape index (κ3) is 4.58. The highest BCUT2D eigenvalue weighted by Gasteiger charge is 2.31. The fourth-order valence-corrected chi connectivity index (χ4v) is 3.92. The molecule has 8 heteroatoms. The molecule has 2 aromatic rings. The van der Waals surface area contributed by atoms with Crippen molar-refractivity contribution in [1.29, 1.82) is 0 Å². The molecule has 0 atom stereocenters. The number of non-ortho nitro benzene ring substituents is 1. The van der Waals surface area contributed by atoms with Gasteiger partial charge in [0, 0.05) is 17.8 Å². The monoisotopic (exact) mass is 413 g/mol. The fourth-order valence-electron chi connectivity index (χ4n) is 2.66. The van der Waals surface area contributed by atoms with Crippen LogP contribution in [0.1, 0.15) is 30.9 Å². The van der Waals surface area contributed by atoms with E-state index in [2.05, 4.69) is 31.3 Å². The van der Waals surface area contributed by atoms with Crippen LogP contribution in [0.2, 0.25) is 0 Å². The minimum atomic E-state index is -0.460. The first-order valence-electron chi connectivity index (χ1n) is 8.69. The summed E-state index contributed by atoms with van der Waals surface area (Å²) in [5.74, 6) is 0.271. The Balaban J connectivity index is 1.69. The van der Waals surface area contributed by atoms with E-state index >= 15 is 0 Å². The van der Waals surface area contributed by atoms with E-state index in [1.54, 1.807) is 12.1 Å². The molecule has 0 saturated carbocycles. The number of nitrogens with one attached hydrogen (secondary N) is 1. The van der Waals surface area contributed by atoms with Crippen LogP contribution in [-0.4, -0.2) is 26.7 Å². The molecular formula is C20H19N3O3S2. The Morgan fingerprint density at radius 2 is 1.96 bits per heavy atom. The number of hydrogen-bond acceptors (Lipinski definition) is 6. The number of rotatable bonds is 6. The van der Waals surface area contributed by atoms with Crippen molar-refractivity contribution in [3.63, 3.8) is 0 Å². The zero-order valence-electron chi connectivity index (χ0n) is 15.4. The van der Waals surface area contributed by atoms with E-state index in [1.807, 2.05) is 18.2 Å². The smallest absolute Gasteiger partial charge is 0.271 e. The van der Waals surface area contributed by atoms with Gasteiger partial charge in [0.25, 0.3) is 11.6 Å². The van der Waals surface area contributed by atoms with Gasteiger partial charge in [-0.3, -0.25) is 19.8 Å². The van der Waals surface area contributed by atoms with Gasteiger partial charge in [0.05, 0.1) is 16.5 Å². The summed E-state index contributed by atoms with van der Waals surface area (Å²) in [5.41, 5.74) is 2.72. The van der Waals surface area contributed by atoms with Crippen molar-refractivity contribution in [1.82, 2.24) is 4.90 Å². The molecular weight excluding hydrogens is 394 g/mol. The average Bonchev–Trinajstić information content (AvgIpc) is 2.93.